The number of rotatable bonds is 7. The van der Waals surface area contributed by atoms with Crippen molar-refractivity contribution in [2.24, 2.45) is 0 Å². The Hall–Kier alpha value is -0.853. The topological polar surface area (TPSA) is 18.5 Å². The minimum absolute atomic E-state index is 0.590. The van der Waals surface area contributed by atoms with Gasteiger partial charge in [-0.25, -0.2) is 0 Å². The van der Waals surface area contributed by atoms with E-state index in [0.717, 1.165) is 24.6 Å². The lowest BCUT2D eigenvalue weighted by Gasteiger charge is -2.25. The molecule has 0 atom stereocenters. The summed E-state index contributed by atoms with van der Waals surface area (Å²) in [6, 6.07) is 7.11. The van der Waals surface area contributed by atoms with Crippen molar-refractivity contribution >= 4 is 8.56 Å². The van der Waals surface area contributed by atoms with Crippen LogP contribution in [0.5, 0.6) is 0 Å². The Balaban J connectivity index is 2.62. The summed E-state index contributed by atoms with van der Waals surface area (Å²) < 4.78 is 48.8. The van der Waals surface area contributed by atoms with E-state index in [9.17, 15) is 13.2 Å². The van der Waals surface area contributed by atoms with Crippen molar-refractivity contribution in [3.05, 3.63) is 35.4 Å². The molecule has 20 heavy (non-hydrogen) atoms. The molecule has 1 rings (SSSR count). The highest BCUT2D eigenvalue weighted by atomic mass is 28.4. The highest BCUT2D eigenvalue weighted by Crippen LogP contribution is 2.30. The molecule has 0 aliphatic rings. The Morgan fingerprint density at radius 3 is 2.30 bits per heavy atom. The second-order valence-corrected chi connectivity index (χ2v) is 8.57. The van der Waals surface area contributed by atoms with E-state index in [1.165, 1.54) is 12.1 Å². The van der Waals surface area contributed by atoms with E-state index >= 15 is 0 Å². The minimum Gasteiger partial charge on any atom is -0.398 e. The third-order valence-electron chi connectivity index (χ3n) is 3.56. The fraction of sp³-hybridized carbons (Fsp3) is 0.571. The Labute approximate surface area is 119 Å². The summed E-state index contributed by atoms with van der Waals surface area (Å²) >= 11 is 0. The maximum atomic E-state index is 12.6. The van der Waals surface area contributed by atoms with Gasteiger partial charge in [-0.2, -0.15) is 13.2 Å². The fourth-order valence-electron chi connectivity index (χ4n) is 2.22. The normalized spacial score (nSPS) is 12.7. The van der Waals surface area contributed by atoms with Crippen molar-refractivity contribution < 1.29 is 22.0 Å². The van der Waals surface area contributed by atoms with Crippen molar-refractivity contribution in [2.75, 3.05) is 14.2 Å². The van der Waals surface area contributed by atoms with Gasteiger partial charge >= 0.3 is 14.7 Å². The molecule has 114 valence electrons. The van der Waals surface area contributed by atoms with Gasteiger partial charge in [-0.3, -0.25) is 0 Å². The molecule has 0 fully saturated rings. The van der Waals surface area contributed by atoms with E-state index in [1.807, 2.05) is 6.92 Å². The quantitative estimate of drug-likeness (QED) is 0.695. The molecule has 0 aliphatic carbocycles. The molecule has 6 heteroatoms. The maximum absolute atomic E-state index is 12.6. The highest BCUT2D eigenvalue weighted by Gasteiger charge is 2.33. The molecule has 0 radical (unpaired) electrons. The number of hydrogen-bond donors (Lipinski definition) is 0. The van der Waals surface area contributed by atoms with Crippen LogP contribution in [0.25, 0.3) is 0 Å². The smallest absolute Gasteiger partial charge is 0.398 e. The van der Waals surface area contributed by atoms with E-state index < -0.39 is 20.3 Å². The third-order valence-corrected chi connectivity index (χ3v) is 7.24. The molecule has 0 amide bonds. The van der Waals surface area contributed by atoms with Gasteiger partial charge in [0, 0.05) is 14.2 Å². The number of halogens is 3. The zero-order valence-corrected chi connectivity index (χ0v) is 13.1. The first kappa shape index (κ1) is 17.2. The van der Waals surface area contributed by atoms with Crippen LogP contribution >= 0.6 is 0 Å². The highest BCUT2D eigenvalue weighted by molar-refractivity contribution is 6.67. The Kier molecular flexibility index (Phi) is 6.23. The van der Waals surface area contributed by atoms with Crippen molar-refractivity contribution in [3.63, 3.8) is 0 Å². The zero-order chi connectivity index (χ0) is 15.2. The molecule has 0 spiro atoms. The monoisotopic (exact) mass is 306 g/mol. The van der Waals surface area contributed by atoms with E-state index in [0.29, 0.717) is 12.0 Å². The first-order chi connectivity index (χ1) is 9.37. The molecular weight excluding hydrogens is 285 g/mol. The molecule has 0 saturated heterocycles. The molecule has 1 aromatic carbocycles. The molecule has 0 unspecified atom stereocenters. The van der Waals surface area contributed by atoms with Gasteiger partial charge in [-0.15, -0.1) is 0 Å². The van der Waals surface area contributed by atoms with Crippen LogP contribution in [0.15, 0.2) is 24.3 Å². The van der Waals surface area contributed by atoms with E-state index in [-0.39, 0.29) is 0 Å². The van der Waals surface area contributed by atoms with E-state index in [1.54, 1.807) is 20.3 Å². The summed E-state index contributed by atoms with van der Waals surface area (Å²) in [5.41, 5.74) is 0.110. The van der Waals surface area contributed by atoms with Crippen molar-refractivity contribution in [3.8, 4) is 0 Å². The third kappa shape index (κ3) is 4.61. The summed E-state index contributed by atoms with van der Waals surface area (Å²) in [6.45, 7) is 2.02. The average molecular weight is 306 g/mol. The predicted octanol–water partition coefficient (Wildman–Crippen LogP) is 4.39. The number of benzene rings is 1. The lowest BCUT2D eigenvalue weighted by molar-refractivity contribution is -0.137. The summed E-state index contributed by atoms with van der Waals surface area (Å²) in [5.74, 6) is 0. The van der Waals surface area contributed by atoms with Gasteiger partial charge in [0.15, 0.2) is 0 Å². The molecular formula is C14H21F3O2Si. The van der Waals surface area contributed by atoms with Gasteiger partial charge in [0.25, 0.3) is 0 Å². The Morgan fingerprint density at radius 2 is 1.80 bits per heavy atom. The molecule has 1 aromatic rings. The van der Waals surface area contributed by atoms with Gasteiger partial charge in [0.2, 0.25) is 0 Å². The van der Waals surface area contributed by atoms with Crippen LogP contribution in [0, 0.1) is 0 Å². The first-order valence-electron chi connectivity index (χ1n) is 6.63. The molecule has 0 saturated carbocycles. The summed E-state index contributed by atoms with van der Waals surface area (Å²) in [4.78, 5) is 0. The maximum Gasteiger partial charge on any atom is 0.416 e. The SMILES string of the molecule is CC[Si](CCCc1cccc(C(F)(F)F)c1)(OC)OC. The van der Waals surface area contributed by atoms with Crippen molar-refractivity contribution in [2.45, 2.75) is 38.0 Å². The largest absolute Gasteiger partial charge is 0.416 e. The summed E-state index contributed by atoms with van der Waals surface area (Å²) in [5, 5.41) is 0. The molecule has 0 N–H and O–H groups in total. The average Bonchev–Trinajstić information content (AvgIpc) is 2.44. The van der Waals surface area contributed by atoms with Gasteiger partial charge in [-0.05, 0) is 36.6 Å². The second-order valence-electron chi connectivity index (χ2n) is 4.72. The first-order valence-corrected chi connectivity index (χ1v) is 8.86. The van der Waals surface area contributed by atoms with Crippen LogP contribution in [0.1, 0.15) is 24.5 Å². The predicted molar refractivity (Wildman–Crippen MR) is 74.8 cm³/mol. The molecule has 2 nitrogen and oxygen atoms in total. The Morgan fingerprint density at radius 1 is 1.15 bits per heavy atom. The van der Waals surface area contributed by atoms with Crippen LogP contribution in [-0.4, -0.2) is 22.8 Å². The van der Waals surface area contributed by atoms with E-state index in [4.69, 9.17) is 8.85 Å². The number of hydrogen-bond acceptors (Lipinski definition) is 2. The lowest BCUT2D eigenvalue weighted by atomic mass is 10.1. The molecule has 0 bridgehead atoms. The zero-order valence-electron chi connectivity index (χ0n) is 12.1. The van der Waals surface area contributed by atoms with Crippen LogP contribution in [-0.2, 0) is 21.4 Å². The summed E-state index contributed by atoms with van der Waals surface area (Å²) in [7, 11) is 1.14. The van der Waals surface area contributed by atoms with Crippen LogP contribution in [0.2, 0.25) is 12.1 Å². The fourth-order valence-corrected chi connectivity index (χ4v) is 4.44. The number of aryl methyl sites for hydroxylation is 1. The van der Waals surface area contributed by atoms with Gasteiger partial charge < -0.3 is 8.85 Å². The lowest BCUT2D eigenvalue weighted by Crippen LogP contribution is -2.39. The van der Waals surface area contributed by atoms with Crippen LogP contribution in [0.3, 0.4) is 0 Å². The van der Waals surface area contributed by atoms with E-state index in [2.05, 4.69) is 0 Å². The number of alkyl halides is 3. The summed E-state index contributed by atoms with van der Waals surface area (Å²) in [6.07, 6.45) is -2.91. The van der Waals surface area contributed by atoms with Crippen molar-refractivity contribution in [1.82, 2.24) is 0 Å². The Bertz CT molecular complexity index is 409. The van der Waals surface area contributed by atoms with Gasteiger partial charge in [0.1, 0.15) is 0 Å². The minimum atomic E-state index is -4.28. The standard InChI is InChI=1S/C14H21F3O2Si/c1-4-20(18-2,19-3)10-6-8-12-7-5-9-13(11-12)14(15,16)17/h5,7,9,11H,4,6,8,10H2,1-3H3. The van der Waals surface area contributed by atoms with Crippen LogP contribution < -0.4 is 0 Å². The molecule has 0 aromatic heterocycles. The molecule has 0 aliphatic heterocycles. The van der Waals surface area contributed by atoms with Crippen LogP contribution in [0.4, 0.5) is 13.2 Å². The van der Waals surface area contributed by atoms with Gasteiger partial charge in [-0.1, -0.05) is 25.1 Å². The van der Waals surface area contributed by atoms with Gasteiger partial charge in [0.05, 0.1) is 5.56 Å². The second kappa shape index (κ2) is 7.24. The van der Waals surface area contributed by atoms with Crippen molar-refractivity contribution in [1.29, 1.82) is 0 Å². The molecule has 0 heterocycles.